The summed E-state index contributed by atoms with van der Waals surface area (Å²) in [6, 6.07) is 7.85. The number of morpholine rings is 1. The van der Waals surface area contributed by atoms with Crippen molar-refractivity contribution >= 4 is 23.7 Å². The summed E-state index contributed by atoms with van der Waals surface area (Å²) < 4.78 is 5.56. The minimum atomic E-state index is -1.05. The van der Waals surface area contributed by atoms with E-state index in [9.17, 15) is 19.2 Å². The monoisotopic (exact) mass is 377 g/mol. The highest BCUT2D eigenvalue weighted by Crippen LogP contribution is 2.21. The largest absolute Gasteiger partial charge is 0.481 e. The van der Waals surface area contributed by atoms with Crippen LogP contribution in [0.1, 0.15) is 31.4 Å². The van der Waals surface area contributed by atoms with E-state index in [2.05, 4.69) is 16.0 Å². The Morgan fingerprint density at radius 2 is 2.00 bits per heavy atom. The molecular formula is C18H23N3O6. The molecule has 0 spiro atoms. The first kappa shape index (κ1) is 20.4. The first-order chi connectivity index (χ1) is 12.9. The summed E-state index contributed by atoms with van der Waals surface area (Å²) in [4.78, 5) is 46.1. The van der Waals surface area contributed by atoms with Crippen molar-refractivity contribution in [2.45, 2.75) is 38.0 Å². The zero-order valence-corrected chi connectivity index (χ0v) is 14.9. The lowest BCUT2D eigenvalue weighted by atomic mass is 9.99. The molecule has 1 aliphatic rings. The summed E-state index contributed by atoms with van der Waals surface area (Å²) in [6.45, 7) is 1.24. The number of carbonyl (C=O) groups excluding carboxylic acids is 3. The highest BCUT2D eigenvalue weighted by molar-refractivity contribution is 5.87. The topological polar surface area (TPSA) is 134 Å². The van der Waals surface area contributed by atoms with Gasteiger partial charge in [0.05, 0.1) is 12.1 Å². The highest BCUT2D eigenvalue weighted by Gasteiger charge is 2.31. The number of amides is 3. The molecule has 1 aromatic carbocycles. The van der Waals surface area contributed by atoms with E-state index >= 15 is 0 Å². The Labute approximate surface area is 156 Å². The molecule has 1 fully saturated rings. The van der Waals surface area contributed by atoms with Crippen molar-refractivity contribution in [2.24, 2.45) is 0 Å². The molecule has 1 heterocycles. The predicted octanol–water partition coefficient (Wildman–Crippen LogP) is -0.272. The third-order valence-electron chi connectivity index (χ3n) is 4.09. The maximum absolute atomic E-state index is 12.4. The zero-order valence-electron chi connectivity index (χ0n) is 14.9. The molecule has 1 aliphatic heterocycles. The fraction of sp³-hybridized carbons (Fsp3) is 0.444. The van der Waals surface area contributed by atoms with E-state index in [0.29, 0.717) is 0 Å². The number of hydrogen-bond acceptors (Lipinski definition) is 5. The Morgan fingerprint density at radius 3 is 2.63 bits per heavy atom. The van der Waals surface area contributed by atoms with Gasteiger partial charge in [-0.15, -0.1) is 0 Å². The second kappa shape index (κ2) is 9.67. The number of benzene rings is 1. The van der Waals surface area contributed by atoms with Crippen LogP contribution >= 0.6 is 0 Å². The van der Waals surface area contributed by atoms with Gasteiger partial charge in [-0.1, -0.05) is 30.3 Å². The summed E-state index contributed by atoms with van der Waals surface area (Å²) in [5, 5.41) is 16.8. The van der Waals surface area contributed by atoms with Crippen molar-refractivity contribution in [3.63, 3.8) is 0 Å². The standard InChI is InChI=1S/C18H23N3O6/c1-11(22)20-13(7-8-16(24)25)18(26)19-9-14-17(21-15(23)10-27-14)12-5-3-2-4-6-12/h2-6,13-14,17H,7-10H2,1H3,(H,19,26)(H,20,22)(H,21,23)(H,24,25)/t13-,14-,17+/m0/s1. The van der Waals surface area contributed by atoms with Crippen LogP contribution in [0.3, 0.4) is 0 Å². The van der Waals surface area contributed by atoms with Crippen molar-refractivity contribution in [1.82, 2.24) is 16.0 Å². The molecule has 0 aromatic heterocycles. The van der Waals surface area contributed by atoms with Gasteiger partial charge in [0.1, 0.15) is 12.6 Å². The Kier molecular flexibility index (Phi) is 7.30. The second-order valence-corrected chi connectivity index (χ2v) is 6.24. The van der Waals surface area contributed by atoms with E-state index in [1.807, 2.05) is 30.3 Å². The van der Waals surface area contributed by atoms with Gasteiger partial charge in [0.15, 0.2) is 0 Å². The zero-order chi connectivity index (χ0) is 19.8. The van der Waals surface area contributed by atoms with Crippen LogP contribution < -0.4 is 16.0 Å². The molecule has 1 saturated heterocycles. The second-order valence-electron chi connectivity index (χ2n) is 6.24. The smallest absolute Gasteiger partial charge is 0.303 e. The molecule has 0 radical (unpaired) electrons. The molecule has 0 bridgehead atoms. The molecule has 1 aromatic rings. The lowest BCUT2D eigenvalue weighted by Gasteiger charge is -2.33. The quantitative estimate of drug-likeness (QED) is 0.493. The van der Waals surface area contributed by atoms with Crippen molar-refractivity contribution in [3.8, 4) is 0 Å². The fourth-order valence-electron chi connectivity index (χ4n) is 2.83. The van der Waals surface area contributed by atoms with Gasteiger partial charge < -0.3 is 25.8 Å². The SMILES string of the molecule is CC(=O)N[C@@H](CCC(=O)O)C(=O)NC[C@@H]1OCC(=O)N[C@@H]1c1ccccc1. The molecule has 2 rings (SSSR count). The van der Waals surface area contributed by atoms with E-state index in [4.69, 9.17) is 9.84 Å². The number of hydrogen-bond donors (Lipinski definition) is 4. The molecule has 4 N–H and O–H groups in total. The minimum Gasteiger partial charge on any atom is -0.481 e. The number of nitrogens with one attached hydrogen (secondary N) is 3. The first-order valence-corrected chi connectivity index (χ1v) is 8.59. The van der Waals surface area contributed by atoms with Crippen LogP contribution in [0.2, 0.25) is 0 Å². The molecule has 3 atom stereocenters. The molecule has 9 heteroatoms. The van der Waals surface area contributed by atoms with Crippen LogP contribution in [0.25, 0.3) is 0 Å². The molecule has 0 unspecified atom stereocenters. The van der Waals surface area contributed by atoms with Crippen LogP contribution in [0.5, 0.6) is 0 Å². The summed E-state index contributed by atoms with van der Waals surface area (Å²) in [5.41, 5.74) is 0.842. The van der Waals surface area contributed by atoms with Crippen LogP contribution in [0.4, 0.5) is 0 Å². The number of aliphatic carboxylic acids is 1. The predicted molar refractivity (Wildman–Crippen MR) is 94.5 cm³/mol. The molecule has 3 amide bonds. The van der Waals surface area contributed by atoms with Gasteiger partial charge in [-0.2, -0.15) is 0 Å². The average Bonchev–Trinajstić information content (AvgIpc) is 2.64. The number of carboxylic acid groups (broad SMARTS) is 1. The molecular weight excluding hydrogens is 354 g/mol. The van der Waals surface area contributed by atoms with Gasteiger partial charge >= 0.3 is 5.97 Å². The van der Waals surface area contributed by atoms with Crippen LogP contribution in [-0.2, 0) is 23.9 Å². The van der Waals surface area contributed by atoms with Crippen molar-refractivity contribution < 1.29 is 29.0 Å². The Balaban J connectivity index is 2.00. The van der Waals surface area contributed by atoms with Crippen molar-refractivity contribution in [1.29, 1.82) is 0 Å². The normalized spacial score (nSPS) is 20.3. The van der Waals surface area contributed by atoms with E-state index in [1.54, 1.807) is 0 Å². The van der Waals surface area contributed by atoms with Gasteiger partial charge in [0.2, 0.25) is 17.7 Å². The summed E-state index contributed by atoms with van der Waals surface area (Å²) in [5.74, 6) is -2.23. The van der Waals surface area contributed by atoms with E-state index in [-0.39, 0.29) is 31.9 Å². The van der Waals surface area contributed by atoms with Crippen LogP contribution in [0, 0.1) is 0 Å². The maximum atomic E-state index is 12.4. The van der Waals surface area contributed by atoms with Crippen molar-refractivity contribution in [2.75, 3.05) is 13.2 Å². The highest BCUT2D eigenvalue weighted by atomic mass is 16.5. The lowest BCUT2D eigenvalue weighted by molar-refractivity contribution is -0.138. The number of rotatable bonds is 8. The van der Waals surface area contributed by atoms with Crippen LogP contribution in [-0.4, -0.2) is 54.1 Å². The van der Waals surface area contributed by atoms with Crippen LogP contribution in [0.15, 0.2) is 30.3 Å². The molecule has 27 heavy (non-hydrogen) atoms. The Hall–Kier alpha value is -2.94. The molecule has 9 nitrogen and oxygen atoms in total. The molecule has 146 valence electrons. The minimum absolute atomic E-state index is 0.0227. The summed E-state index contributed by atoms with van der Waals surface area (Å²) >= 11 is 0. The van der Waals surface area contributed by atoms with Gasteiger partial charge in [-0.3, -0.25) is 19.2 Å². The van der Waals surface area contributed by atoms with Crippen molar-refractivity contribution in [3.05, 3.63) is 35.9 Å². The van der Waals surface area contributed by atoms with Gasteiger partial charge in [-0.05, 0) is 12.0 Å². The fourth-order valence-corrected chi connectivity index (χ4v) is 2.83. The van der Waals surface area contributed by atoms with E-state index in [1.165, 1.54) is 6.92 Å². The van der Waals surface area contributed by atoms with Gasteiger partial charge in [0, 0.05) is 19.9 Å². The maximum Gasteiger partial charge on any atom is 0.303 e. The van der Waals surface area contributed by atoms with E-state index in [0.717, 1.165) is 5.56 Å². The molecule has 0 aliphatic carbocycles. The molecule has 0 saturated carbocycles. The third kappa shape index (κ3) is 6.37. The third-order valence-corrected chi connectivity index (χ3v) is 4.09. The first-order valence-electron chi connectivity index (χ1n) is 8.59. The van der Waals surface area contributed by atoms with Gasteiger partial charge in [0.25, 0.3) is 0 Å². The number of ether oxygens (including phenoxy) is 1. The summed E-state index contributed by atoms with van der Waals surface area (Å²) in [7, 11) is 0. The summed E-state index contributed by atoms with van der Waals surface area (Å²) in [6.07, 6.45) is -0.766. The lowest BCUT2D eigenvalue weighted by Crippen LogP contribution is -2.53. The average molecular weight is 377 g/mol. The number of carboxylic acids is 1. The number of carbonyl (C=O) groups is 4. The van der Waals surface area contributed by atoms with E-state index < -0.39 is 36.0 Å². The Bertz CT molecular complexity index is 694. The Morgan fingerprint density at radius 1 is 1.30 bits per heavy atom. The van der Waals surface area contributed by atoms with Gasteiger partial charge in [-0.25, -0.2) is 0 Å².